The van der Waals surface area contributed by atoms with Crippen LogP contribution >= 0.6 is 0 Å². The molecule has 1 fully saturated rings. The van der Waals surface area contributed by atoms with Gasteiger partial charge in [-0.3, -0.25) is 0 Å². The maximum Gasteiger partial charge on any atom is 0.152 e. The van der Waals surface area contributed by atoms with Crippen molar-refractivity contribution in [3.8, 4) is 0 Å². The second-order valence-corrected chi connectivity index (χ2v) is 5.80. The number of hydrogen-bond acceptors (Lipinski definition) is 1. The molecule has 0 spiro atoms. The first-order valence-electron chi connectivity index (χ1n) is 6.10. The SMILES string of the molecule is Cc1ccc(F)c(NC2CCC(C)(C)C2)c1F. The lowest BCUT2D eigenvalue weighted by Gasteiger charge is -2.19. The molecule has 0 bridgehead atoms. The van der Waals surface area contributed by atoms with Crippen LogP contribution in [0.15, 0.2) is 12.1 Å². The van der Waals surface area contributed by atoms with E-state index in [2.05, 4.69) is 19.2 Å². The van der Waals surface area contributed by atoms with E-state index in [1.54, 1.807) is 6.92 Å². The van der Waals surface area contributed by atoms with Gasteiger partial charge in [-0.15, -0.1) is 0 Å². The molecule has 17 heavy (non-hydrogen) atoms. The van der Waals surface area contributed by atoms with E-state index in [1.165, 1.54) is 12.1 Å². The number of nitrogens with one attached hydrogen (secondary N) is 1. The topological polar surface area (TPSA) is 12.0 Å². The van der Waals surface area contributed by atoms with Crippen LogP contribution in [0.5, 0.6) is 0 Å². The van der Waals surface area contributed by atoms with Crippen LogP contribution in [0.4, 0.5) is 14.5 Å². The van der Waals surface area contributed by atoms with Crippen LogP contribution in [0.2, 0.25) is 0 Å². The van der Waals surface area contributed by atoms with Gasteiger partial charge in [0.15, 0.2) is 5.82 Å². The van der Waals surface area contributed by atoms with E-state index in [1.807, 2.05) is 0 Å². The number of rotatable bonds is 2. The molecule has 0 aliphatic heterocycles. The van der Waals surface area contributed by atoms with E-state index >= 15 is 0 Å². The van der Waals surface area contributed by atoms with E-state index in [-0.39, 0.29) is 17.1 Å². The molecular weight excluding hydrogens is 220 g/mol. The Kier molecular flexibility index (Phi) is 3.11. The minimum absolute atomic E-state index is 0.0349. The van der Waals surface area contributed by atoms with Gasteiger partial charge in [0.25, 0.3) is 0 Å². The van der Waals surface area contributed by atoms with Gasteiger partial charge in [-0.2, -0.15) is 0 Å². The van der Waals surface area contributed by atoms with E-state index in [9.17, 15) is 8.78 Å². The van der Waals surface area contributed by atoms with Crippen LogP contribution in [-0.2, 0) is 0 Å². The van der Waals surface area contributed by atoms with Crippen molar-refractivity contribution in [2.24, 2.45) is 5.41 Å². The summed E-state index contributed by atoms with van der Waals surface area (Å²) in [5.74, 6) is -0.965. The zero-order chi connectivity index (χ0) is 12.6. The molecule has 1 unspecified atom stereocenters. The van der Waals surface area contributed by atoms with Crippen molar-refractivity contribution in [3.05, 3.63) is 29.3 Å². The fourth-order valence-electron chi connectivity index (χ4n) is 2.55. The van der Waals surface area contributed by atoms with Crippen LogP contribution < -0.4 is 5.32 Å². The summed E-state index contributed by atoms with van der Waals surface area (Å²) in [6.45, 7) is 6.04. The average molecular weight is 239 g/mol. The van der Waals surface area contributed by atoms with E-state index in [0.717, 1.165) is 19.3 Å². The highest BCUT2D eigenvalue weighted by Crippen LogP contribution is 2.39. The lowest BCUT2D eigenvalue weighted by atomic mass is 9.92. The third-order valence-electron chi connectivity index (χ3n) is 3.60. The molecule has 2 rings (SSSR count). The molecule has 1 saturated carbocycles. The van der Waals surface area contributed by atoms with Crippen molar-refractivity contribution in [3.63, 3.8) is 0 Å². The minimum atomic E-state index is -0.502. The summed E-state index contributed by atoms with van der Waals surface area (Å²) in [5, 5.41) is 3.02. The summed E-state index contributed by atoms with van der Waals surface area (Å²) in [4.78, 5) is 0. The van der Waals surface area contributed by atoms with E-state index in [0.29, 0.717) is 5.56 Å². The lowest BCUT2D eigenvalue weighted by Crippen LogP contribution is -2.19. The summed E-state index contributed by atoms with van der Waals surface area (Å²) < 4.78 is 27.4. The van der Waals surface area contributed by atoms with Crippen LogP contribution in [-0.4, -0.2) is 6.04 Å². The predicted octanol–water partition coefficient (Wildman–Crippen LogP) is 4.26. The summed E-state index contributed by atoms with van der Waals surface area (Å²) in [6, 6.07) is 2.96. The Hall–Kier alpha value is -1.12. The van der Waals surface area contributed by atoms with E-state index in [4.69, 9.17) is 0 Å². The van der Waals surface area contributed by atoms with Crippen LogP contribution in [0.25, 0.3) is 0 Å². The number of benzene rings is 1. The van der Waals surface area contributed by atoms with Crippen molar-refractivity contribution >= 4 is 5.69 Å². The number of aryl methyl sites for hydroxylation is 1. The highest BCUT2D eigenvalue weighted by atomic mass is 19.1. The van der Waals surface area contributed by atoms with Gasteiger partial charge in [0.2, 0.25) is 0 Å². The Morgan fingerprint density at radius 2 is 2.00 bits per heavy atom. The first-order valence-corrected chi connectivity index (χ1v) is 6.10. The Balaban J connectivity index is 2.17. The molecule has 1 aliphatic carbocycles. The van der Waals surface area contributed by atoms with Crippen LogP contribution in [0, 0.1) is 24.0 Å². The smallest absolute Gasteiger partial charge is 0.152 e. The Bertz CT molecular complexity index is 426. The molecule has 0 heterocycles. The van der Waals surface area contributed by atoms with Gasteiger partial charge < -0.3 is 5.32 Å². The van der Waals surface area contributed by atoms with Gasteiger partial charge in [0.05, 0.1) is 0 Å². The van der Waals surface area contributed by atoms with Crippen LogP contribution in [0.3, 0.4) is 0 Å². The normalized spacial score (nSPS) is 22.8. The quantitative estimate of drug-likeness (QED) is 0.813. The average Bonchev–Trinajstić information content (AvgIpc) is 2.59. The molecule has 94 valence electrons. The first-order chi connectivity index (χ1) is 7.89. The maximum absolute atomic E-state index is 13.8. The minimum Gasteiger partial charge on any atom is -0.378 e. The third kappa shape index (κ3) is 2.59. The molecular formula is C14H19F2N. The Labute approximate surface area is 101 Å². The maximum atomic E-state index is 13.8. The molecule has 0 saturated heterocycles. The van der Waals surface area contributed by atoms with Crippen LogP contribution in [0.1, 0.15) is 38.7 Å². The highest BCUT2D eigenvalue weighted by Gasteiger charge is 2.31. The van der Waals surface area contributed by atoms with Gasteiger partial charge in [-0.05, 0) is 43.2 Å². The zero-order valence-corrected chi connectivity index (χ0v) is 10.6. The van der Waals surface area contributed by atoms with Gasteiger partial charge in [-0.1, -0.05) is 19.9 Å². The third-order valence-corrected chi connectivity index (χ3v) is 3.60. The fourth-order valence-corrected chi connectivity index (χ4v) is 2.55. The second-order valence-electron chi connectivity index (χ2n) is 5.80. The largest absolute Gasteiger partial charge is 0.378 e. The van der Waals surface area contributed by atoms with Crippen molar-refractivity contribution < 1.29 is 8.78 Å². The number of hydrogen-bond donors (Lipinski definition) is 1. The van der Waals surface area contributed by atoms with Crippen molar-refractivity contribution in [2.45, 2.75) is 46.1 Å². The molecule has 1 nitrogen and oxygen atoms in total. The first kappa shape index (κ1) is 12.3. The standard InChI is InChI=1S/C14H19F2N/c1-9-4-5-11(15)13(12(9)16)17-10-6-7-14(2,3)8-10/h4-5,10,17H,6-8H2,1-3H3. The van der Waals surface area contributed by atoms with E-state index < -0.39 is 11.6 Å². The zero-order valence-electron chi connectivity index (χ0n) is 10.6. The molecule has 1 aromatic carbocycles. The van der Waals surface area contributed by atoms with Crippen molar-refractivity contribution in [1.29, 1.82) is 0 Å². The van der Waals surface area contributed by atoms with Gasteiger partial charge in [-0.25, -0.2) is 8.78 Å². The number of anilines is 1. The molecule has 1 aliphatic rings. The molecule has 0 amide bonds. The van der Waals surface area contributed by atoms with Crippen molar-refractivity contribution in [1.82, 2.24) is 0 Å². The summed E-state index contributed by atoms with van der Waals surface area (Å²) >= 11 is 0. The molecule has 1 aromatic rings. The Morgan fingerprint density at radius 3 is 2.59 bits per heavy atom. The molecule has 1 atom stereocenters. The summed E-state index contributed by atoms with van der Waals surface area (Å²) in [7, 11) is 0. The fraction of sp³-hybridized carbons (Fsp3) is 0.571. The lowest BCUT2D eigenvalue weighted by molar-refractivity contribution is 0.378. The summed E-state index contributed by atoms with van der Waals surface area (Å²) in [5.41, 5.74) is 0.785. The molecule has 1 N–H and O–H groups in total. The highest BCUT2D eigenvalue weighted by molar-refractivity contribution is 5.49. The molecule has 0 aromatic heterocycles. The summed E-state index contributed by atoms with van der Waals surface area (Å²) in [6.07, 6.45) is 3.03. The van der Waals surface area contributed by atoms with Crippen molar-refractivity contribution in [2.75, 3.05) is 5.32 Å². The number of halogens is 2. The predicted molar refractivity (Wildman–Crippen MR) is 66.1 cm³/mol. The second kappa shape index (κ2) is 4.28. The van der Waals surface area contributed by atoms with Gasteiger partial charge in [0, 0.05) is 6.04 Å². The van der Waals surface area contributed by atoms with Gasteiger partial charge >= 0.3 is 0 Å². The molecule has 0 radical (unpaired) electrons. The van der Waals surface area contributed by atoms with Gasteiger partial charge in [0.1, 0.15) is 11.5 Å². The Morgan fingerprint density at radius 1 is 1.29 bits per heavy atom. The molecule has 3 heteroatoms. The monoisotopic (exact) mass is 239 g/mol.